The van der Waals surface area contributed by atoms with Gasteiger partial charge in [0.15, 0.2) is 6.61 Å². The zero-order valence-electron chi connectivity index (χ0n) is 18.3. The number of amides is 1. The Labute approximate surface area is 190 Å². The Hall–Kier alpha value is -4.46. The van der Waals surface area contributed by atoms with E-state index in [2.05, 4.69) is 20.2 Å². The van der Waals surface area contributed by atoms with Crippen molar-refractivity contribution in [3.63, 3.8) is 0 Å². The van der Waals surface area contributed by atoms with E-state index in [1.165, 1.54) is 4.90 Å². The number of nitrogens with one attached hydrogen (secondary N) is 1. The van der Waals surface area contributed by atoms with Crippen molar-refractivity contribution in [2.45, 2.75) is 0 Å². The van der Waals surface area contributed by atoms with Gasteiger partial charge < -0.3 is 9.64 Å². The van der Waals surface area contributed by atoms with E-state index in [1.807, 2.05) is 77.6 Å². The maximum Gasteiger partial charge on any atom is 0.259 e. The number of hydrogen-bond donors (Lipinski definition) is 1. The number of nitrogens with zero attached hydrogens (tertiary/aromatic N) is 5. The van der Waals surface area contributed by atoms with Crippen molar-refractivity contribution in [1.82, 2.24) is 29.5 Å². The van der Waals surface area contributed by atoms with E-state index >= 15 is 0 Å². The fourth-order valence-electron chi connectivity index (χ4n) is 3.56. The van der Waals surface area contributed by atoms with Crippen molar-refractivity contribution in [2.75, 3.05) is 20.7 Å². The summed E-state index contributed by atoms with van der Waals surface area (Å²) in [6.07, 6.45) is 7.47. The van der Waals surface area contributed by atoms with Gasteiger partial charge in [0.05, 0.1) is 29.5 Å². The lowest BCUT2D eigenvalue weighted by Gasteiger charge is -2.11. The molecule has 0 spiro atoms. The number of fused-ring (bicyclic) bond motifs is 1. The van der Waals surface area contributed by atoms with Crippen molar-refractivity contribution in [3.8, 4) is 39.5 Å². The number of ether oxygens (including phenoxy) is 1. The largest absolute Gasteiger partial charge is 0.484 e. The summed E-state index contributed by atoms with van der Waals surface area (Å²) >= 11 is 0. The summed E-state index contributed by atoms with van der Waals surface area (Å²) in [5, 5.41) is 7.39. The molecule has 4 heterocycles. The first kappa shape index (κ1) is 20.4. The molecule has 8 nitrogen and oxygen atoms in total. The van der Waals surface area contributed by atoms with Crippen molar-refractivity contribution in [2.24, 2.45) is 0 Å². The topological polar surface area (TPSA) is 88.4 Å². The van der Waals surface area contributed by atoms with Crippen LogP contribution in [0, 0.1) is 0 Å². The highest BCUT2D eigenvalue weighted by Crippen LogP contribution is 2.32. The molecule has 0 atom stereocenters. The lowest BCUT2D eigenvalue weighted by molar-refractivity contribution is -0.130. The number of likely N-dealkylation sites (N-methyl/N-ethyl adjacent to an activating group) is 1. The minimum absolute atomic E-state index is 0.00514. The SMILES string of the molecule is CN(C)C(=O)COc1ccc(-c2[nH]ncc2-c2ccc3ncc(-c4ccccn4)n3c2)cc1. The molecule has 1 aromatic carbocycles. The quantitative estimate of drug-likeness (QED) is 0.434. The van der Waals surface area contributed by atoms with Crippen LogP contribution in [0.15, 0.2) is 79.4 Å². The third-order valence-corrected chi connectivity index (χ3v) is 5.39. The second-order valence-corrected chi connectivity index (χ2v) is 7.76. The van der Waals surface area contributed by atoms with Crippen molar-refractivity contribution in [3.05, 3.63) is 79.4 Å². The van der Waals surface area contributed by atoms with Crippen molar-refractivity contribution < 1.29 is 9.53 Å². The molecule has 164 valence electrons. The van der Waals surface area contributed by atoms with Crippen LogP contribution in [0.25, 0.3) is 39.4 Å². The molecule has 0 fully saturated rings. The molecule has 0 saturated heterocycles. The molecule has 33 heavy (non-hydrogen) atoms. The predicted octanol–water partition coefficient (Wildman–Crippen LogP) is 3.92. The van der Waals surface area contributed by atoms with Crippen LogP contribution in [0.3, 0.4) is 0 Å². The van der Waals surface area contributed by atoms with Gasteiger partial charge in [0, 0.05) is 43.2 Å². The highest BCUT2D eigenvalue weighted by atomic mass is 16.5. The van der Waals surface area contributed by atoms with E-state index in [-0.39, 0.29) is 12.5 Å². The van der Waals surface area contributed by atoms with Gasteiger partial charge in [-0.2, -0.15) is 5.10 Å². The Morgan fingerprint density at radius 3 is 2.58 bits per heavy atom. The van der Waals surface area contributed by atoms with Gasteiger partial charge in [0.2, 0.25) is 0 Å². The van der Waals surface area contributed by atoms with Crippen LogP contribution in [-0.4, -0.2) is 56.1 Å². The molecule has 5 aromatic rings. The zero-order valence-corrected chi connectivity index (χ0v) is 18.3. The van der Waals surface area contributed by atoms with Gasteiger partial charge in [-0.25, -0.2) is 4.98 Å². The van der Waals surface area contributed by atoms with E-state index in [0.29, 0.717) is 5.75 Å². The van der Waals surface area contributed by atoms with Crippen molar-refractivity contribution >= 4 is 11.6 Å². The van der Waals surface area contributed by atoms with Gasteiger partial charge in [-0.15, -0.1) is 0 Å². The summed E-state index contributed by atoms with van der Waals surface area (Å²) in [4.78, 5) is 22.2. The van der Waals surface area contributed by atoms with Gasteiger partial charge in [0.25, 0.3) is 5.91 Å². The van der Waals surface area contributed by atoms with E-state index in [0.717, 1.165) is 39.4 Å². The first-order chi connectivity index (χ1) is 16.1. The molecule has 4 aromatic heterocycles. The van der Waals surface area contributed by atoms with E-state index < -0.39 is 0 Å². The average Bonchev–Trinajstić information content (AvgIpc) is 3.50. The summed E-state index contributed by atoms with van der Waals surface area (Å²) in [5.74, 6) is 0.546. The fourth-order valence-corrected chi connectivity index (χ4v) is 3.56. The van der Waals surface area contributed by atoms with Gasteiger partial charge in [-0.05, 0) is 48.5 Å². The predicted molar refractivity (Wildman–Crippen MR) is 126 cm³/mol. The van der Waals surface area contributed by atoms with Gasteiger partial charge >= 0.3 is 0 Å². The first-order valence-corrected chi connectivity index (χ1v) is 10.5. The maximum absolute atomic E-state index is 11.7. The van der Waals surface area contributed by atoms with E-state index in [9.17, 15) is 4.79 Å². The minimum atomic E-state index is -0.0881. The van der Waals surface area contributed by atoms with Crippen LogP contribution in [-0.2, 0) is 4.79 Å². The molecular formula is C25H22N6O2. The third-order valence-electron chi connectivity index (χ3n) is 5.39. The summed E-state index contributed by atoms with van der Waals surface area (Å²) in [6, 6.07) is 17.4. The van der Waals surface area contributed by atoms with Crippen LogP contribution in [0.1, 0.15) is 0 Å². The smallest absolute Gasteiger partial charge is 0.259 e. The average molecular weight is 438 g/mol. The Balaban J connectivity index is 1.45. The number of rotatable bonds is 6. The number of imidazole rings is 1. The number of pyridine rings is 2. The number of carbonyl (C=O) groups excluding carboxylic acids is 1. The lowest BCUT2D eigenvalue weighted by atomic mass is 10.0. The summed E-state index contributed by atoms with van der Waals surface area (Å²) in [5.41, 5.74) is 6.45. The number of aromatic amines is 1. The monoisotopic (exact) mass is 438 g/mol. The molecule has 0 aliphatic rings. The van der Waals surface area contributed by atoms with E-state index in [4.69, 9.17) is 4.74 Å². The molecule has 0 aliphatic carbocycles. The Morgan fingerprint density at radius 2 is 1.82 bits per heavy atom. The molecule has 0 saturated carbocycles. The maximum atomic E-state index is 11.7. The number of hydrogen-bond acceptors (Lipinski definition) is 5. The van der Waals surface area contributed by atoms with Crippen molar-refractivity contribution in [1.29, 1.82) is 0 Å². The van der Waals surface area contributed by atoms with Crippen LogP contribution in [0.4, 0.5) is 0 Å². The fraction of sp³-hybridized carbons (Fsp3) is 0.120. The number of benzene rings is 1. The molecule has 0 unspecified atom stereocenters. The molecule has 1 amide bonds. The van der Waals surface area contributed by atoms with E-state index in [1.54, 1.807) is 20.3 Å². The normalized spacial score (nSPS) is 11.0. The molecular weight excluding hydrogens is 416 g/mol. The number of aromatic nitrogens is 5. The Morgan fingerprint density at radius 1 is 1.00 bits per heavy atom. The summed E-state index contributed by atoms with van der Waals surface area (Å²) < 4.78 is 7.61. The minimum Gasteiger partial charge on any atom is -0.484 e. The first-order valence-electron chi connectivity index (χ1n) is 10.5. The number of carbonyl (C=O) groups is 1. The van der Waals surface area contributed by atoms with Gasteiger partial charge in [-0.1, -0.05) is 6.07 Å². The zero-order chi connectivity index (χ0) is 22.8. The molecule has 0 bridgehead atoms. The Kier molecular flexibility index (Phi) is 5.32. The Bertz CT molecular complexity index is 1400. The van der Waals surface area contributed by atoms with Crippen LogP contribution in [0.2, 0.25) is 0 Å². The molecule has 0 aliphatic heterocycles. The second-order valence-electron chi connectivity index (χ2n) is 7.76. The lowest BCUT2D eigenvalue weighted by Crippen LogP contribution is -2.27. The standard InChI is InChI=1S/C25H22N6O2/c1-30(2)24(32)16-33-19-9-6-17(7-10-19)25-20(13-28-29-25)18-8-11-23-27-14-22(31(23)15-18)21-5-3-4-12-26-21/h3-15H,16H2,1-2H3,(H,28,29). The molecule has 5 rings (SSSR count). The summed E-state index contributed by atoms with van der Waals surface area (Å²) in [6.45, 7) is 0.00514. The second kappa shape index (κ2) is 8.58. The van der Waals surface area contributed by atoms with Gasteiger partial charge in [-0.3, -0.25) is 19.3 Å². The van der Waals surface area contributed by atoms with Crippen LogP contribution in [0.5, 0.6) is 5.75 Å². The molecule has 1 N–H and O–H groups in total. The highest BCUT2D eigenvalue weighted by molar-refractivity contribution is 5.81. The molecule has 8 heteroatoms. The van der Waals surface area contributed by atoms with Crippen LogP contribution >= 0.6 is 0 Å². The number of H-pyrrole nitrogens is 1. The third kappa shape index (κ3) is 4.06. The summed E-state index contributed by atoms with van der Waals surface area (Å²) in [7, 11) is 3.41. The molecule has 0 radical (unpaired) electrons. The van der Waals surface area contributed by atoms with Gasteiger partial charge in [0.1, 0.15) is 11.4 Å². The van der Waals surface area contributed by atoms with Crippen LogP contribution < -0.4 is 4.74 Å². The highest BCUT2D eigenvalue weighted by Gasteiger charge is 2.13.